The number of methoxy groups -OCH3 is 1. The third-order valence-corrected chi connectivity index (χ3v) is 3.66. The number of halogens is 2. The third-order valence-electron chi connectivity index (χ3n) is 2.55. The molecule has 0 amide bonds. The van der Waals surface area contributed by atoms with Gasteiger partial charge in [-0.05, 0) is 12.1 Å². The predicted octanol–water partition coefficient (Wildman–Crippen LogP) is 2.86. The monoisotopic (exact) mass is 299 g/mol. The summed E-state index contributed by atoms with van der Waals surface area (Å²) in [5.74, 6) is -2.50. The van der Waals surface area contributed by atoms with Gasteiger partial charge in [0.15, 0.2) is 0 Å². The van der Waals surface area contributed by atoms with E-state index in [4.69, 9.17) is 9.84 Å². The molecular weight excluding hydrogens is 288 g/mol. The Bertz CT molecular complexity index is 622. The van der Waals surface area contributed by atoms with E-state index < -0.39 is 17.6 Å². The largest absolute Gasteiger partial charge is 0.481 e. The first-order valence-electron chi connectivity index (χ1n) is 5.66. The maximum absolute atomic E-state index is 13.7. The van der Waals surface area contributed by atoms with Gasteiger partial charge in [-0.15, -0.1) is 11.3 Å². The molecule has 1 aromatic carbocycles. The molecule has 0 radical (unpaired) electrons. The van der Waals surface area contributed by atoms with Crippen LogP contribution in [0.15, 0.2) is 18.2 Å². The second kappa shape index (κ2) is 6.06. The van der Waals surface area contributed by atoms with Crippen molar-refractivity contribution in [1.29, 1.82) is 0 Å². The molecule has 1 N–H and O–H groups in total. The number of carbonyl (C=O) groups is 1. The van der Waals surface area contributed by atoms with Crippen molar-refractivity contribution in [2.24, 2.45) is 0 Å². The van der Waals surface area contributed by atoms with Crippen molar-refractivity contribution in [3.8, 4) is 10.6 Å². The van der Waals surface area contributed by atoms with Crippen LogP contribution in [0.1, 0.15) is 10.6 Å². The highest BCUT2D eigenvalue weighted by Crippen LogP contribution is 2.32. The number of aromatic nitrogens is 1. The first-order valence-corrected chi connectivity index (χ1v) is 6.48. The Hall–Kier alpha value is -1.86. The SMILES string of the molecule is COCc1nc(-c2c(F)cccc2F)sc1CC(=O)O. The number of thiazole rings is 1. The third kappa shape index (κ3) is 3.00. The minimum absolute atomic E-state index is 0.0924. The van der Waals surface area contributed by atoms with Gasteiger partial charge in [0, 0.05) is 12.0 Å². The van der Waals surface area contributed by atoms with E-state index in [1.165, 1.54) is 13.2 Å². The van der Waals surface area contributed by atoms with Gasteiger partial charge >= 0.3 is 5.97 Å². The molecule has 0 aliphatic heterocycles. The van der Waals surface area contributed by atoms with Crippen molar-refractivity contribution in [3.05, 3.63) is 40.4 Å². The molecule has 0 saturated heterocycles. The molecule has 20 heavy (non-hydrogen) atoms. The summed E-state index contributed by atoms with van der Waals surface area (Å²) in [6, 6.07) is 3.52. The van der Waals surface area contributed by atoms with E-state index in [0.29, 0.717) is 10.6 Å². The number of ether oxygens (including phenoxy) is 1. The average molecular weight is 299 g/mol. The maximum Gasteiger partial charge on any atom is 0.308 e. The van der Waals surface area contributed by atoms with Gasteiger partial charge in [-0.2, -0.15) is 0 Å². The fourth-order valence-electron chi connectivity index (χ4n) is 1.72. The lowest BCUT2D eigenvalue weighted by Crippen LogP contribution is -2.01. The molecule has 0 unspecified atom stereocenters. The van der Waals surface area contributed by atoms with E-state index in [1.54, 1.807) is 0 Å². The van der Waals surface area contributed by atoms with Gasteiger partial charge in [-0.1, -0.05) is 6.07 Å². The summed E-state index contributed by atoms with van der Waals surface area (Å²) in [5.41, 5.74) is 0.143. The van der Waals surface area contributed by atoms with Crippen LogP contribution in [-0.4, -0.2) is 23.2 Å². The maximum atomic E-state index is 13.7. The molecule has 106 valence electrons. The van der Waals surface area contributed by atoms with Crippen LogP contribution in [0.4, 0.5) is 8.78 Å². The van der Waals surface area contributed by atoms with Crippen molar-refractivity contribution >= 4 is 17.3 Å². The van der Waals surface area contributed by atoms with Crippen molar-refractivity contribution in [2.75, 3.05) is 7.11 Å². The van der Waals surface area contributed by atoms with E-state index in [0.717, 1.165) is 23.5 Å². The highest BCUT2D eigenvalue weighted by Gasteiger charge is 2.19. The Balaban J connectivity index is 2.50. The van der Waals surface area contributed by atoms with Gasteiger partial charge in [-0.3, -0.25) is 4.79 Å². The number of rotatable bonds is 5. The first kappa shape index (κ1) is 14.5. The van der Waals surface area contributed by atoms with Crippen LogP contribution in [0.2, 0.25) is 0 Å². The number of carboxylic acid groups (broad SMARTS) is 1. The number of carboxylic acids is 1. The van der Waals surface area contributed by atoms with Gasteiger partial charge < -0.3 is 9.84 Å². The van der Waals surface area contributed by atoms with Crippen LogP contribution in [0.25, 0.3) is 10.6 Å². The molecule has 1 aromatic heterocycles. The zero-order valence-corrected chi connectivity index (χ0v) is 11.3. The summed E-state index contributed by atoms with van der Waals surface area (Å²) in [5, 5.41) is 8.95. The molecule has 1 heterocycles. The van der Waals surface area contributed by atoms with Crippen molar-refractivity contribution in [3.63, 3.8) is 0 Å². The molecule has 7 heteroatoms. The van der Waals surface area contributed by atoms with Gasteiger partial charge in [0.05, 0.1) is 24.3 Å². The van der Waals surface area contributed by atoms with Gasteiger partial charge in [0.25, 0.3) is 0 Å². The van der Waals surface area contributed by atoms with E-state index in [1.807, 2.05) is 0 Å². The predicted molar refractivity (Wildman–Crippen MR) is 69.5 cm³/mol. The van der Waals surface area contributed by atoms with Crippen LogP contribution in [0, 0.1) is 11.6 Å². The Kier molecular flexibility index (Phi) is 4.41. The lowest BCUT2D eigenvalue weighted by Gasteiger charge is -2.00. The quantitative estimate of drug-likeness (QED) is 0.922. The topological polar surface area (TPSA) is 59.4 Å². The fourth-order valence-corrected chi connectivity index (χ4v) is 2.82. The molecule has 0 spiro atoms. The molecule has 2 rings (SSSR count). The number of hydrogen-bond donors (Lipinski definition) is 1. The summed E-state index contributed by atoms with van der Waals surface area (Å²) < 4.78 is 32.3. The minimum atomic E-state index is -1.04. The zero-order valence-electron chi connectivity index (χ0n) is 10.5. The standard InChI is InChI=1S/C13H11F2NO3S/c1-19-6-9-10(5-11(17)18)20-13(16-9)12-7(14)3-2-4-8(12)15/h2-4H,5-6H2,1H3,(H,17,18). The number of nitrogens with zero attached hydrogens (tertiary/aromatic N) is 1. The molecule has 0 aliphatic rings. The van der Waals surface area contributed by atoms with Crippen LogP contribution in [0.5, 0.6) is 0 Å². The van der Waals surface area contributed by atoms with Crippen molar-refractivity contribution in [1.82, 2.24) is 4.98 Å². The summed E-state index contributed by atoms with van der Waals surface area (Å²) in [6.07, 6.45) is -0.258. The van der Waals surface area contributed by atoms with E-state index in [-0.39, 0.29) is 23.6 Å². The molecular formula is C13H11F2NO3S. The highest BCUT2D eigenvalue weighted by molar-refractivity contribution is 7.15. The Morgan fingerprint density at radius 2 is 2.05 bits per heavy atom. The normalized spacial score (nSPS) is 10.8. The first-order chi connectivity index (χ1) is 9.52. The number of aliphatic carboxylic acids is 1. The lowest BCUT2D eigenvalue weighted by atomic mass is 10.2. The van der Waals surface area contributed by atoms with Crippen LogP contribution < -0.4 is 0 Å². The number of benzene rings is 1. The van der Waals surface area contributed by atoms with E-state index in [2.05, 4.69) is 4.98 Å². The lowest BCUT2D eigenvalue weighted by molar-refractivity contribution is -0.136. The molecule has 0 aliphatic carbocycles. The second-order valence-electron chi connectivity index (χ2n) is 3.99. The van der Waals surface area contributed by atoms with E-state index in [9.17, 15) is 13.6 Å². The van der Waals surface area contributed by atoms with E-state index >= 15 is 0 Å². The number of hydrogen-bond acceptors (Lipinski definition) is 4. The molecule has 0 bridgehead atoms. The summed E-state index contributed by atoms with van der Waals surface area (Å²) in [4.78, 5) is 15.3. The molecule has 4 nitrogen and oxygen atoms in total. The van der Waals surface area contributed by atoms with Gasteiger partial charge in [-0.25, -0.2) is 13.8 Å². The average Bonchev–Trinajstić information content (AvgIpc) is 2.71. The smallest absolute Gasteiger partial charge is 0.308 e. The Morgan fingerprint density at radius 1 is 1.40 bits per heavy atom. The Morgan fingerprint density at radius 3 is 2.60 bits per heavy atom. The Labute approximate surface area is 117 Å². The van der Waals surface area contributed by atoms with Crippen LogP contribution >= 0.6 is 11.3 Å². The van der Waals surface area contributed by atoms with Crippen molar-refractivity contribution in [2.45, 2.75) is 13.0 Å². The molecule has 0 atom stereocenters. The molecule has 0 fully saturated rings. The summed E-state index contributed by atoms with van der Waals surface area (Å²) in [7, 11) is 1.44. The summed E-state index contributed by atoms with van der Waals surface area (Å²) in [6.45, 7) is 0.0924. The second-order valence-corrected chi connectivity index (χ2v) is 5.07. The van der Waals surface area contributed by atoms with Gasteiger partial charge in [0.2, 0.25) is 0 Å². The minimum Gasteiger partial charge on any atom is -0.481 e. The van der Waals surface area contributed by atoms with Gasteiger partial charge in [0.1, 0.15) is 16.6 Å². The molecule has 2 aromatic rings. The fraction of sp³-hybridized carbons (Fsp3) is 0.231. The highest BCUT2D eigenvalue weighted by atomic mass is 32.1. The zero-order chi connectivity index (χ0) is 14.7. The van der Waals surface area contributed by atoms with Crippen molar-refractivity contribution < 1.29 is 23.4 Å². The molecule has 0 saturated carbocycles. The summed E-state index contributed by atoms with van der Waals surface area (Å²) >= 11 is 0.957. The van der Waals surface area contributed by atoms with Crippen LogP contribution in [0.3, 0.4) is 0 Å². The van der Waals surface area contributed by atoms with Crippen LogP contribution in [-0.2, 0) is 22.6 Å².